The summed E-state index contributed by atoms with van der Waals surface area (Å²) < 4.78 is 30.6. The van der Waals surface area contributed by atoms with E-state index in [0.29, 0.717) is 0 Å². The number of carboxylic acids is 1. The van der Waals surface area contributed by atoms with Crippen LogP contribution in [-0.4, -0.2) is 24.7 Å². The lowest BCUT2D eigenvalue weighted by Crippen LogP contribution is -2.14. The Balaban J connectivity index is 2.45. The summed E-state index contributed by atoms with van der Waals surface area (Å²) in [5.74, 6) is -1.29. The van der Waals surface area contributed by atoms with Gasteiger partial charge in [-0.2, -0.15) is 0 Å². The minimum atomic E-state index is -4.04. The first-order valence-corrected chi connectivity index (χ1v) is 6.72. The Morgan fingerprint density at radius 1 is 1.37 bits per heavy atom. The fourth-order valence-electron chi connectivity index (χ4n) is 1.30. The van der Waals surface area contributed by atoms with Crippen molar-refractivity contribution in [2.24, 2.45) is 0 Å². The average Bonchev–Trinajstić information content (AvgIpc) is 2.81. The van der Waals surface area contributed by atoms with Crippen LogP contribution < -0.4 is 4.72 Å². The second-order valence-corrected chi connectivity index (χ2v) is 5.50. The van der Waals surface area contributed by atoms with Gasteiger partial charge in [0.2, 0.25) is 0 Å². The molecule has 1 heterocycles. The van der Waals surface area contributed by atoms with Crippen LogP contribution in [0.1, 0.15) is 10.4 Å². The maximum atomic E-state index is 12.0. The van der Waals surface area contributed by atoms with Gasteiger partial charge in [-0.1, -0.05) is 16.8 Å². The molecule has 0 spiro atoms. The first-order chi connectivity index (χ1) is 8.90. The topological polar surface area (TPSA) is 110 Å². The van der Waals surface area contributed by atoms with Crippen molar-refractivity contribution >= 4 is 33.4 Å². The summed E-state index contributed by atoms with van der Waals surface area (Å²) >= 11 is 5.77. The van der Waals surface area contributed by atoms with Gasteiger partial charge in [-0.05, 0) is 18.2 Å². The second kappa shape index (κ2) is 4.90. The highest BCUT2D eigenvalue weighted by Crippen LogP contribution is 2.24. The molecule has 2 rings (SSSR count). The van der Waals surface area contributed by atoms with Gasteiger partial charge in [0.15, 0.2) is 5.82 Å². The quantitative estimate of drug-likeness (QED) is 0.891. The van der Waals surface area contributed by atoms with Gasteiger partial charge < -0.3 is 9.63 Å². The lowest BCUT2D eigenvalue weighted by atomic mass is 10.2. The first-order valence-electron chi connectivity index (χ1n) is 4.86. The predicted octanol–water partition coefficient (Wildman–Crippen LogP) is 1.83. The van der Waals surface area contributed by atoms with E-state index in [1.807, 2.05) is 0 Å². The molecule has 0 radical (unpaired) electrons. The Hall–Kier alpha value is -2.06. The number of halogens is 1. The molecule has 0 aliphatic rings. The van der Waals surface area contributed by atoms with Crippen molar-refractivity contribution in [3.05, 3.63) is 41.1 Å². The van der Waals surface area contributed by atoms with Crippen LogP contribution in [0, 0.1) is 0 Å². The molecule has 0 aliphatic heterocycles. The molecule has 7 nitrogen and oxygen atoms in total. The number of nitrogens with one attached hydrogen (secondary N) is 1. The Labute approximate surface area is 112 Å². The molecule has 0 saturated carbocycles. The van der Waals surface area contributed by atoms with Crippen LogP contribution in [0.3, 0.4) is 0 Å². The minimum absolute atomic E-state index is 0.0307. The summed E-state index contributed by atoms with van der Waals surface area (Å²) in [5, 5.41) is 12.1. The molecule has 2 aromatic rings. The van der Waals surface area contributed by atoms with Gasteiger partial charge in [0, 0.05) is 6.07 Å². The van der Waals surface area contributed by atoms with Gasteiger partial charge in [0.1, 0.15) is 11.2 Å². The highest BCUT2D eigenvalue weighted by atomic mass is 35.5. The van der Waals surface area contributed by atoms with E-state index in [9.17, 15) is 13.2 Å². The normalized spacial score (nSPS) is 11.2. The molecule has 0 fully saturated rings. The zero-order chi connectivity index (χ0) is 14.0. The number of carbonyl (C=O) groups is 1. The molecule has 2 N–H and O–H groups in total. The number of hydrogen-bond donors (Lipinski definition) is 2. The van der Waals surface area contributed by atoms with Crippen molar-refractivity contribution in [3.63, 3.8) is 0 Å². The summed E-state index contributed by atoms with van der Waals surface area (Å²) in [6.07, 6.45) is 1.19. The van der Waals surface area contributed by atoms with Crippen molar-refractivity contribution in [1.29, 1.82) is 0 Å². The van der Waals surface area contributed by atoms with E-state index in [1.165, 1.54) is 24.5 Å². The van der Waals surface area contributed by atoms with Crippen LogP contribution in [0.25, 0.3) is 0 Å². The molecular weight excluding hydrogens is 296 g/mol. The molecule has 100 valence electrons. The molecule has 0 saturated heterocycles. The number of anilines is 1. The molecular formula is C10H7ClN2O5S. The summed E-state index contributed by atoms with van der Waals surface area (Å²) in [7, 11) is -4.04. The van der Waals surface area contributed by atoms with E-state index >= 15 is 0 Å². The summed E-state index contributed by atoms with van der Waals surface area (Å²) in [5.41, 5.74) is -0.190. The summed E-state index contributed by atoms with van der Waals surface area (Å²) in [6, 6.07) is 4.67. The van der Waals surface area contributed by atoms with Crippen LogP contribution in [-0.2, 0) is 10.0 Å². The van der Waals surface area contributed by atoms with E-state index in [-0.39, 0.29) is 21.3 Å². The number of sulfonamides is 1. The number of aromatic carboxylic acids is 1. The van der Waals surface area contributed by atoms with Crippen LogP contribution in [0.4, 0.5) is 5.82 Å². The lowest BCUT2D eigenvalue weighted by Gasteiger charge is -2.07. The Kier molecular flexibility index (Phi) is 3.45. The van der Waals surface area contributed by atoms with Gasteiger partial charge in [-0.3, -0.25) is 4.72 Å². The maximum Gasteiger partial charge on any atom is 0.335 e. The van der Waals surface area contributed by atoms with E-state index in [0.717, 1.165) is 6.07 Å². The van der Waals surface area contributed by atoms with Gasteiger partial charge in [-0.25, -0.2) is 13.2 Å². The molecule has 1 aromatic heterocycles. The standard InChI is InChI=1S/C10H7ClN2O5S/c11-7-2-1-6(10(14)15)5-8(7)19(16,17)13-9-3-4-18-12-9/h1-5H,(H,12,13)(H,14,15). The molecule has 0 bridgehead atoms. The number of rotatable bonds is 4. The van der Waals surface area contributed by atoms with E-state index < -0.39 is 16.0 Å². The Morgan fingerprint density at radius 2 is 2.11 bits per heavy atom. The van der Waals surface area contributed by atoms with E-state index in [1.54, 1.807) is 0 Å². The Morgan fingerprint density at radius 3 is 2.68 bits per heavy atom. The van der Waals surface area contributed by atoms with Crippen LogP contribution >= 0.6 is 11.6 Å². The molecule has 0 aliphatic carbocycles. The van der Waals surface area contributed by atoms with E-state index in [2.05, 4.69) is 14.4 Å². The van der Waals surface area contributed by atoms with Crippen LogP contribution in [0.15, 0.2) is 39.9 Å². The number of carboxylic acid groups (broad SMARTS) is 1. The number of nitrogens with zero attached hydrogens (tertiary/aromatic N) is 1. The van der Waals surface area contributed by atoms with Gasteiger partial charge in [-0.15, -0.1) is 0 Å². The van der Waals surface area contributed by atoms with E-state index in [4.69, 9.17) is 16.7 Å². The molecule has 9 heteroatoms. The highest BCUT2D eigenvalue weighted by molar-refractivity contribution is 7.92. The largest absolute Gasteiger partial charge is 0.478 e. The summed E-state index contributed by atoms with van der Waals surface area (Å²) in [6.45, 7) is 0. The van der Waals surface area contributed by atoms with Crippen LogP contribution in [0.2, 0.25) is 5.02 Å². The first kappa shape index (κ1) is 13.4. The fourth-order valence-corrected chi connectivity index (χ4v) is 2.82. The summed E-state index contributed by atoms with van der Waals surface area (Å²) in [4.78, 5) is 10.5. The number of aromatic nitrogens is 1. The molecule has 19 heavy (non-hydrogen) atoms. The molecule has 1 aromatic carbocycles. The van der Waals surface area contributed by atoms with Crippen molar-refractivity contribution < 1.29 is 22.8 Å². The second-order valence-electron chi connectivity index (χ2n) is 3.44. The predicted molar refractivity (Wildman–Crippen MR) is 65.7 cm³/mol. The molecule has 0 amide bonds. The van der Waals surface area contributed by atoms with Crippen LogP contribution in [0.5, 0.6) is 0 Å². The van der Waals surface area contributed by atoms with Gasteiger partial charge in [0.25, 0.3) is 10.0 Å². The number of hydrogen-bond acceptors (Lipinski definition) is 5. The molecule has 0 unspecified atom stereocenters. The van der Waals surface area contributed by atoms with Crippen molar-refractivity contribution in [2.75, 3.05) is 4.72 Å². The van der Waals surface area contributed by atoms with Crippen molar-refractivity contribution in [2.45, 2.75) is 4.90 Å². The van der Waals surface area contributed by atoms with Crippen molar-refractivity contribution in [1.82, 2.24) is 5.16 Å². The molecule has 0 atom stereocenters. The SMILES string of the molecule is O=C(O)c1ccc(Cl)c(S(=O)(=O)Nc2ccon2)c1. The number of benzene rings is 1. The lowest BCUT2D eigenvalue weighted by molar-refractivity contribution is 0.0696. The third kappa shape index (κ3) is 2.85. The van der Waals surface area contributed by atoms with Gasteiger partial charge >= 0.3 is 5.97 Å². The van der Waals surface area contributed by atoms with Crippen molar-refractivity contribution in [3.8, 4) is 0 Å². The van der Waals surface area contributed by atoms with Gasteiger partial charge in [0.05, 0.1) is 10.6 Å². The zero-order valence-corrected chi connectivity index (χ0v) is 10.8. The minimum Gasteiger partial charge on any atom is -0.478 e. The maximum absolute atomic E-state index is 12.0. The fraction of sp³-hybridized carbons (Fsp3) is 0. The zero-order valence-electron chi connectivity index (χ0n) is 9.20. The monoisotopic (exact) mass is 302 g/mol. The third-order valence-electron chi connectivity index (χ3n) is 2.14. The highest BCUT2D eigenvalue weighted by Gasteiger charge is 2.21. The Bertz CT molecular complexity index is 712. The smallest absolute Gasteiger partial charge is 0.335 e. The third-order valence-corrected chi connectivity index (χ3v) is 3.98. The average molecular weight is 303 g/mol.